The van der Waals surface area contributed by atoms with E-state index in [2.05, 4.69) is 13.8 Å². The van der Waals surface area contributed by atoms with E-state index in [4.69, 9.17) is 61.6 Å². The third kappa shape index (κ3) is 19.5. The maximum Gasteiger partial charge on any atom is 0.513 e. The van der Waals surface area contributed by atoms with E-state index in [1.54, 1.807) is 69.2 Å². The van der Waals surface area contributed by atoms with Crippen LogP contribution in [0.1, 0.15) is 272 Å². The lowest BCUT2D eigenvalue weighted by atomic mass is 9.37. The van der Waals surface area contributed by atoms with Crippen molar-refractivity contribution >= 4 is 53.3 Å². The van der Waals surface area contributed by atoms with Gasteiger partial charge in [0.2, 0.25) is 6.10 Å². The third-order valence-corrected chi connectivity index (χ3v) is 32.2. The van der Waals surface area contributed by atoms with Gasteiger partial charge in [0.05, 0.1) is 54.9 Å². The van der Waals surface area contributed by atoms with Crippen molar-refractivity contribution in [3.63, 3.8) is 0 Å². The Bertz CT molecular complexity index is 4170. The van der Waals surface area contributed by atoms with Gasteiger partial charge in [0.1, 0.15) is 67.5 Å². The molecule has 12 aliphatic rings. The summed E-state index contributed by atoms with van der Waals surface area (Å²) < 4.78 is 75.9. The van der Waals surface area contributed by atoms with Gasteiger partial charge in [-0.15, -0.1) is 0 Å². The molecule has 10 fully saturated rings. The Morgan fingerprint density at radius 3 is 1.45 bits per heavy atom. The molecule has 128 heavy (non-hydrogen) atoms. The lowest BCUT2D eigenvalue weighted by molar-refractivity contribution is -0.384. The molecule has 4 bridgehead atoms. The number of carbonyl (C=O) groups is 8. The number of esters is 3. The number of fused-ring (bicyclic) bond motifs is 2. The standard InChI is InChI=1S/C45H70O14.C30H44O9.C22H33NO7/c1-10-11-12-13-14-15-16-17-18-41(8)54-23-29(59-41)22-53-40(50)58-37-31(46)19-27(6)30-20-32-43-24-55-45(52,39(43)42(30,37)9)36(48)28(7)34(43)35(38(49)56-32)57-33(47)21-44(51,25(2)3)26(4)5;1-13(2)29(36,14(3)4)11-17(31)9-18-22-16(6)23(33)30(37)26-27(7)19(15(5)8-20(32)24(27)34)10-21(39-25(18)35)28(22,26)12-38-30;1-3-4-5-6-7-8-9-10-15-22(2)28-17-20(30-22)16-27-21(24)29-19-13-11-18(12-14-19)23(25)26/h19,25-26,28-30,32,34-37,39,48,51-52H,10-18,20-24H2,1-9H3;8,13-14,16,18-19,21-24,26,33-34,36-37H,9-12H2,1-7H3;11-14,20H,3-10,15-17H2,1-2H3/t28-,29?,30+,32-,34-,35-,36-,37-,39-,41?,42-,43+,45+;16-,18?,19+,21-,22?,23-,24-,26?,27-,28+,30+;/m11./s1. The molecule has 6 heterocycles. The van der Waals surface area contributed by atoms with Crippen molar-refractivity contribution in [1.29, 1.82) is 0 Å². The van der Waals surface area contributed by atoms with Crippen LogP contribution in [-0.4, -0.2) is 217 Å². The highest BCUT2D eigenvalue weighted by Gasteiger charge is 2.86. The molecule has 13 rings (SSSR count). The summed E-state index contributed by atoms with van der Waals surface area (Å²) in [6.07, 6.45) is 11.7. The van der Waals surface area contributed by atoms with Gasteiger partial charge in [-0.3, -0.25) is 34.1 Å². The van der Waals surface area contributed by atoms with Crippen LogP contribution >= 0.6 is 0 Å². The first-order chi connectivity index (χ1) is 60.1. The molecule has 0 amide bonds. The summed E-state index contributed by atoms with van der Waals surface area (Å²) >= 11 is 0. The van der Waals surface area contributed by atoms with Crippen LogP contribution in [0, 0.1) is 109 Å². The number of nitrogens with zero attached hydrogens (tertiary/aromatic N) is 1. The Hall–Kier alpha value is -6.46. The van der Waals surface area contributed by atoms with Gasteiger partial charge in [-0.05, 0) is 131 Å². The summed E-state index contributed by atoms with van der Waals surface area (Å²) in [7, 11) is 0. The molecule has 6 aliphatic heterocycles. The predicted octanol–water partition coefficient (Wildman–Crippen LogP) is 13.5. The number of unbranched alkanes of at least 4 members (excludes halogenated alkanes) is 14. The Morgan fingerprint density at radius 2 is 0.977 bits per heavy atom. The van der Waals surface area contributed by atoms with E-state index in [1.807, 2.05) is 41.5 Å². The van der Waals surface area contributed by atoms with Crippen molar-refractivity contribution in [2.24, 2.45) is 98.6 Å². The SMILES string of the molecule is CC1=CC(=O)[C@@H](O)[C@]2(C)C3[C@]45CO[C@@]3(O)[C@H](O)[C@H](C)C4C(CC(=O)CC(O)(C(C)C)C(C)C)C(=O)O[C@@H]5C[C@@H]12.CCCCCCCCCCC1(C)OCC(COC(=O)O[C@@H]2C(=O)C=C(C)[C@@H]3C[C@H]4OC(=O)[C@H](OC(=O)CC(O)(C(C)C)C(C)C)[C@H]5[C@@H](C)[C@@H](O)[C@]6(O)OC[C@@]54[C@H]6[C@@]23C)O1.CCCCCCCCCCC1(C)OCC(COC(=O)Oc2ccc([N+](=O)[O-])cc2)O1. The van der Waals surface area contributed by atoms with E-state index in [-0.39, 0.29) is 112 Å². The molecule has 31 nitrogen and oxygen atoms in total. The Morgan fingerprint density at radius 1 is 0.555 bits per heavy atom. The summed E-state index contributed by atoms with van der Waals surface area (Å²) in [4.78, 5) is 117. The molecule has 6 saturated heterocycles. The number of hydrogen-bond acceptors (Lipinski definition) is 30. The lowest BCUT2D eigenvalue weighted by Crippen LogP contribution is -2.78. The Kier molecular flexibility index (Phi) is 32.2. The van der Waals surface area contributed by atoms with Gasteiger partial charge in [0.25, 0.3) is 5.69 Å². The van der Waals surface area contributed by atoms with Crippen molar-refractivity contribution in [1.82, 2.24) is 0 Å². The molecule has 7 unspecified atom stereocenters. The molecule has 1 aromatic carbocycles. The second kappa shape index (κ2) is 40.4. The van der Waals surface area contributed by atoms with Gasteiger partial charge in [-0.1, -0.05) is 198 Å². The molecule has 26 atom stereocenters. The first-order valence-corrected chi connectivity index (χ1v) is 47.4. The number of carbonyl (C=O) groups excluding carboxylic acids is 8. The molecule has 4 saturated carbocycles. The molecule has 2 spiro atoms. The van der Waals surface area contributed by atoms with Crippen LogP contribution < -0.4 is 4.74 Å². The number of ketones is 3. The zero-order valence-electron chi connectivity index (χ0n) is 78.6. The molecule has 1 aromatic rings. The Labute approximate surface area is 753 Å². The van der Waals surface area contributed by atoms with Gasteiger partial charge < -0.3 is 97.3 Å². The lowest BCUT2D eigenvalue weighted by Gasteiger charge is -2.68. The maximum absolute atomic E-state index is 14.0. The smallest absolute Gasteiger partial charge is 0.461 e. The van der Waals surface area contributed by atoms with E-state index in [0.717, 1.165) is 37.7 Å². The van der Waals surface area contributed by atoms with Crippen LogP contribution in [0.25, 0.3) is 0 Å². The summed E-state index contributed by atoms with van der Waals surface area (Å²) in [5.41, 5.74) is -6.27. The Balaban J connectivity index is 0.000000199. The highest BCUT2D eigenvalue weighted by molar-refractivity contribution is 5.98. The fourth-order valence-corrected chi connectivity index (χ4v) is 25.3. The molecule has 720 valence electrons. The van der Waals surface area contributed by atoms with Crippen molar-refractivity contribution < 1.29 is 141 Å². The molecule has 0 aromatic heterocycles. The second-order valence-electron chi connectivity index (χ2n) is 41.5. The average Bonchev–Trinajstić information content (AvgIpc) is 1.48. The van der Waals surface area contributed by atoms with E-state index in [1.165, 1.54) is 113 Å². The first-order valence-electron chi connectivity index (χ1n) is 47.4. The number of benzene rings is 1. The number of hydrogen-bond donors (Lipinski definition) is 7. The number of Topliss-reactive ketones (excluding diaryl/α,β-unsaturated/α-hetero) is 1. The average molecular weight is 1810 g/mol. The van der Waals surface area contributed by atoms with Crippen molar-refractivity contribution in [3.05, 3.63) is 57.7 Å². The minimum absolute atomic E-state index is 0.0266. The molecule has 7 N–H and O–H groups in total. The van der Waals surface area contributed by atoms with Gasteiger partial charge in [0.15, 0.2) is 40.8 Å². The largest absolute Gasteiger partial charge is 0.513 e. The van der Waals surface area contributed by atoms with E-state index < -0.39 is 199 Å². The van der Waals surface area contributed by atoms with Crippen LogP contribution in [-0.2, 0) is 85.6 Å². The summed E-state index contributed by atoms with van der Waals surface area (Å²) in [5, 5.41) is 92.6. The molecule has 6 aliphatic carbocycles. The number of allylic oxidation sites excluding steroid dienone is 2. The number of nitro groups is 1. The zero-order valence-corrected chi connectivity index (χ0v) is 78.6. The normalized spacial score (nSPS) is 37.7. The van der Waals surface area contributed by atoms with Crippen LogP contribution in [0.2, 0.25) is 0 Å². The summed E-state index contributed by atoms with van der Waals surface area (Å²) in [6.45, 7) is 33.6. The number of aliphatic hydroxyl groups is 7. The van der Waals surface area contributed by atoms with Crippen molar-refractivity contribution in [2.45, 2.75) is 362 Å². The number of aliphatic hydroxyl groups excluding tert-OH is 3. The highest BCUT2D eigenvalue weighted by atomic mass is 16.8. The number of ether oxygens (including phenoxy) is 13. The molecular formula is C97H147NO30. The van der Waals surface area contributed by atoms with Crippen molar-refractivity contribution in [2.75, 3.05) is 39.6 Å². The molecule has 31 heteroatoms. The van der Waals surface area contributed by atoms with E-state index in [0.29, 0.717) is 25.0 Å². The van der Waals surface area contributed by atoms with Gasteiger partial charge >= 0.3 is 30.2 Å². The van der Waals surface area contributed by atoms with E-state index >= 15 is 0 Å². The topological polar surface area (TPSA) is 441 Å². The second-order valence-corrected chi connectivity index (χ2v) is 41.5. The number of nitro benzene ring substituents is 1. The first kappa shape index (κ1) is 102. The van der Waals surface area contributed by atoms with Gasteiger partial charge in [-0.25, -0.2) is 14.4 Å². The summed E-state index contributed by atoms with van der Waals surface area (Å²) in [5.74, 6) is -17.0. The summed E-state index contributed by atoms with van der Waals surface area (Å²) in [6, 6.07) is 5.20. The van der Waals surface area contributed by atoms with Crippen LogP contribution in [0.15, 0.2) is 47.6 Å². The minimum atomic E-state index is -2.26. The van der Waals surface area contributed by atoms with E-state index in [9.17, 15) is 84.2 Å². The fraction of sp³-hybridized carbons (Fsp3) is 0.814. The molecule has 0 radical (unpaired) electrons. The molecular weight excluding hydrogens is 1660 g/mol. The minimum Gasteiger partial charge on any atom is -0.461 e. The monoisotopic (exact) mass is 1810 g/mol. The maximum atomic E-state index is 14.0. The number of rotatable bonds is 36. The van der Waals surface area contributed by atoms with Crippen molar-refractivity contribution in [3.8, 4) is 5.75 Å². The van der Waals surface area contributed by atoms with Gasteiger partial charge in [-0.2, -0.15) is 0 Å². The van der Waals surface area contributed by atoms with Crippen LogP contribution in [0.4, 0.5) is 15.3 Å². The zero-order chi connectivity index (χ0) is 94.1. The quantitative estimate of drug-likeness (QED) is 0.00819. The van der Waals surface area contributed by atoms with Crippen LogP contribution in [0.5, 0.6) is 5.75 Å². The predicted molar refractivity (Wildman–Crippen MR) is 462 cm³/mol. The van der Waals surface area contributed by atoms with Crippen LogP contribution in [0.3, 0.4) is 0 Å². The van der Waals surface area contributed by atoms with Gasteiger partial charge in [0, 0.05) is 77.2 Å². The number of non-ortho nitro benzene ring substituents is 1. The third-order valence-electron chi connectivity index (χ3n) is 32.2. The fourth-order valence-electron chi connectivity index (χ4n) is 25.3. The highest BCUT2D eigenvalue weighted by Crippen LogP contribution is 2.77.